The van der Waals surface area contributed by atoms with Gasteiger partial charge in [0.1, 0.15) is 4.21 Å². The number of rotatable bonds is 7. The Labute approximate surface area is 143 Å². The fourth-order valence-corrected chi connectivity index (χ4v) is 4.90. The highest BCUT2D eigenvalue weighted by molar-refractivity contribution is 7.91. The molecule has 0 amide bonds. The molecule has 2 aromatic rings. The van der Waals surface area contributed by atoms with E-state index < -0.39 is 10.0 Å². The standard InChI is InChI=1S/C17H24N2O2S2/c1-5-16-10-11-17(22-16)23(20,21)18-13(2)12-14-6-8-15(9-7-14)19(3)4/h6-11,13,18H,5,12H2,1-4H3. The summed E-state index contributed by atoms with van der Waals surface area (Å²) in [5.74, 6) is 0. The molecular formula is C17H24N2O2S2. The molecule has 0 spiro atoms. The van der Waals surface area contributed by atoms with Crippen molar-refractivity contribution in [1.82, 2.24) is 4.72 Å². The van der Waals surface area contributed by atoms with Gasteiger partial charge in [0.15, 0.2) is 0 Å². The van der Waals surface area contributed by atoms with E-state index >= 15 is 0 Å². The zero-order valence-electron chi connectivity index (χ0n) is 14.0. The molecule has 1 heterocycles. The summed E-state index contributed by atoms with van der Waals surface area (Å²) in [5, 5.41) is 0. The van der Waals surface area contributed by atoms with Gasteiger partial charge in [-0.2, -0.15) is 0 Å². The zero-order valence-corrected chi connectivity index (χ0v) is 15.7. The molecule has 1 aromatic carbocycles. The summed E-state index contributed by atoms with van der Waals surface area (Å²) in [4.78, 5) is 3.12. The van der Waals surface area contributed by atoms with Crippen LogP contribution >= 0.6 is 11.3 Å². The SMILES string of the molecule is CCc1ccc(S(=O)(=O)NC(C)Cc2ccc(N(C)C)cc2)s1. The Kier molecular flexibility index (Phi) is 5.84. The van der Waals surface area contributed by atoms with E-state index in [0.29, 0.717) is 10.6 Å². The molecule has 1 atom stereocenters. The number of hydrogen-bond acceptors (Lipinski definition) is 4. The number of aryl methyl sites for hydroxylation is 1. The zero-order chi connectivity index (χ0) is 17.0. The molecule has 23 heavy (non-hydrogen) atoms. The molecule has 0 saturated carbocycles. The van der Waals surface area contributed by atoms with Crippen LogP contribution < -0.4 is 9.62 Å². The van der Waals surface area contributed by atoms with E-state index in [2.05, 4.69) is 4.72 Å². The van der Waals surface area contributed by atoms with Crippen molar-refractivity contribution in [3.05, 3.63) is 46.8 Å². The summed E-state index contributed by atoms with van der Waals surface area (Å²) in [6.07, 6.45) is 1.52. The molecule has 0 radical (unpaired) electrons. The lowest BCUT2D eigenvalue weighted by Gasteiger charge is -2.15. The van der Waals surface area contributed by atoms with Gasteiger partial charge in [0, 0.05) is 30.7 Å². The van der Waals surface area contributed by atoms with Crippen LogP contribution in [0.2, 0.25) is 0 Å². The minimum absolute atomic E-state index is 0.155. The number of nitrogens with one attached hydrogen (secondary N) is 1. The van der Waals surface area contributed by atoms with Gasteiger partial charge in [-0.3, -0.25) is 0 Å². The van der Waals surface area contributed by atoms with Crippen molar-refractivity contribution in [1.29, 1.82) is 0 Å². The van der Waals surface area contributed by atoms with Crippen LogP contribution in [0.3, 0.4) is 0 Å². The first-order valence-electron chi connectivity index (χ1n) is 7.69. The second-order valence-electron chi connectivity index (χ2n) is 5.86. The quantitative estimate of drug-likeness (QED) is 0.832. The molecule has 0 bridgehead atoms. The first kappa shape index (κ1) is 18.0. The third kappa shape index (κ3) is 4.80. The van der Waals surface area contributed by atoms with Crippen LogP contribution in [0.4, 0.5) is 5.69 Å². The monoisotopic (exact) mass is 352 g/mol. The Balaban J connectivity index is 2.01. The lowest BCUT2D eigenvalue weighted by Crippen LogP contribution is -2.33. The lowest BCUT2D eigenvalue weighted by atomic mass is 10.1. The molecule has 126 valence electrons. The van der Waals surface area contributed by atoms with Gasteiger partial charge in [-0.05, 0) is 49.6 Å². The summed E-state index contributed by atoms with van der Waals surface area (Å²) < 4.78 is 28.0. The number of hydrogen-bond donors (Lipinski definition) is 1. The molecule has 6 heteroatoms. The van der Waals surface area contributed by atoms with Crippen molar-refractivity contribution in [3.8, 4) is 0 Å². The van der Waals surface area contributed by atoms with Gasteiger partial charge in [0.05, 0.1) is 0 Å². The Hall–Kier alpha value is -1.37. The van der Waals surface area contributed by atoms with Crippen LogP contribution in [-0.4, -0.2) is 28.6 Å². The van der Waals surface area contributed by atoms with Gasteiger partial charge in [0.2, 0.25) is 10.0 Å². The first-order valence-corrected chi connectivity index (χ1v) is 9.99. The highest BCUT2D eigenvalue weighted by Crippen LogP contribution is 2.22. The van der Waals surface area contributed by atoms with Crippen molar-refractivity contribution in [2.45, 2.75) is 36.9 Å². The Morgan fingerprint density at radius 2 is 1.78 bits per heavy atom. The molecule has 4 nitrogen and oxygen atoms in total. The number of anilines is 1. The largest absolute Gasteiger partial charge is 0.378 e. The maximum Gasteiger partial charge on any atom is 0.250 e. The second kappa shape index (κ2) is 7.47. The molecule has 0 aliphatic carbocycles. The van der Waals surface area contributed by atoms with Gasteiger partial charge in [-0.1, -0.05) is 19.1 Å². The Morgan fingerprint density at radius 1 is 1.13 bits per heavy atom. The average Bonchev–Trinajstić information content (AvgIpc) is 2.97. The van der Waals surface area contributed by atoms with Crippen molar-refractivity contribution >= 4 is 27.0 Å². The average molecular weight is 353 g/mol. The molecule has 1 N–H and O–H groups in total. The van der Waals surface area contributed by atoms with Crippen LogP contribution in [0, 0.1) is 0 Å². The topological polar surface area (TPSA) is 49.4 Å². The predicted molar refractivity (Wildman–Crippen MR) is 98.0 cm³/mol. The van der Waals surface area contributed by atoms with E-state index in [9.17, 15) is 8.42 Å². The molecule has 0 aliphatic rings. The highest BCUT2D eigenvalue weighted by Gasteiger charge is 2.19. The summed E-state index contributed by atoms with van der Waals surface area (Å²) in [5.41, 5.74) is 2.25. The predicted octanol–water partition coefficient (Wildman–Crippen LogP) is 3.29. The highest BCUT2D eigenvalue weighted by atomic mass is 32.2. The minimum Gasteiger partial charge on any atom is -0.378 e. The molecule has 0 saturated heterocycles. The van der Waals surface area contributed by atoms with E-state index in [-0.39, 0.29) is 6.04 Å². The molecule has 2 rings (SSSR count). The maximum atomic E-state index is 12.4. The van der Waals surface area contributed by atoms with Gasteiger partial charge in [-0.25, -0.2) is 13.1 Å². The van der Waals surface area contributed by atoms with Crippen molar-refractivity contribution in [2.75, 3.05) is 19.0 Å². The van der Waals surface area contributed by atoms with Gasteiger partial charge in [0.25, 0.3) is 0 Å². The van der Waals surface area contributed by atoms with Gasteiger partial charge in [-0.15, -0.1) is 11.3 Å². The van der Waals surface area contributed by atoms with Crippen LogP contribution in [0.25, 0.3) is 0 Å². The van der Waals surface area contributed by atoms with Crippen LogP contribution in [-0.2, 0) is 22.9 Å². The van der Waals surface area contributed by atoms with E-state index in [1.54, 1.807) is 6.07 Å². The third-order valence-corrected chi connectivity index (χ3v) is 6.91. The summed E-state index contributed by atoms with van der Waals surface area (Å²) in [6, 6.07) is 11.6. The number of thiophene rings is 1. The van der Waals surface area contributed by atoms with E-state index in [0.717, 1.165) is 22.5 Å². The maximum absolute atomic E-state index is 12.4. The van der Waals surface area contributed by atoms with Crippen molar-refractivity contribution in [2.24, 2.45) is 0 Å². The molecule has 1 unspecified atom stereocenters. The number of benzene rings is 1. The van der Waals surface area contributed by atoms with E-state index in [1.807, 2.05) is 63.2 Å². The smallest absolute Gasteiger partial charge is 0.250 e. The van der Waals surface area contributed by atoms with Crippen molar-refractivity contribution < 1.29 is 8.42 Å². The number of sulfonamides is 1. The van der Waals surface area contributed by atoms with E-state index in [4.69, 9.17) is 0 Å². The van der Waals surface area contributed by atoms with Crippen LogP contribution in [0.5, 0.6) is 0 Å². The lowest BCUT2D eigenvalue weighted by molar-refractivity contribution is 0.562. The van der Waals surface area contributed by atoms with Crippen molar-refractivity contribution in [3.63, 3.8) is 0 Å². The molecule has 0 aliphatic heterocycles. The fourth-order valence-electron chi connectivity index (χ4n) is 2.34. The Morgan fingerprint density at radius 3 is 2.30 bits per heavy atom. The summed E-state index contributed by atoms with van der Waals surface area (Å²) >= 11 is 1.34. The molecule has 1 aromatic heterocycles. The minimum atomic E-state index is -3.43. The van der Waals surface area contributed by atoms with Gasteiger partial charge < -0.3 is 4.90 Å². The summed E-state index contributed by atoms with van der Waals surface area (Å²) in [7, 11) is 0.565. The molecular weight excluding hydrogens is 328 g/mol. The fraction of sp³-hybridized carbons (Fsp3) is 0.412. The Bertz CT molecular complexity index is 734. The number of nitrogens with zero attached hydrogens (tertiary/aromatic N) is 1. The molecule has 0 fully saturated rings. The van der Waals surface area contributed by atoms with Crippen LogP contribution in [0.15, 0.2) is 40.6 Å². The second-order valence-corrected chi connectivity index (χ2v) is 8.97. The first-order chi connectivity index (χ1) is 10.8. The van der Waals surface area contributed by atoms with Crippen LogP contribution in [0.1, 0.15) is 24.3 Å². The normalized spacial score (nSPS) is 13.0. The third-order valence-electron chi connectivity index (χ3n) is 3.60. The van der Waals surface area contributed by atoms with E-state index in [1.165, 1.54) is 11.3 Å². The van der Waals surface area contributed by atoms with Gasteiger partial charge >= 0.3 is 0 Å². The summed E-state index contributed by atoms with van der Waals surface area (Å²) in [6.45, 7) is 3.92.